The number of hydrogen-bond donors (Lipinski definition) is 1. The van der Waals surface area contributed by atoms with E-state index in [1.54, 1.807) is 18.2 Å². The Bertz CT molecular complexity index is 626. The number of alkyl halides is 2. The van der Waals surface area contributed by atoms with Gasteiger partial charge in [-0.2, -0.15) is 0 Å². The van der Waals surface area contributed by atoms with Gasteiger partial charge in [0.2, 0.25) is 0 Å². The molecule has 1 heterocycles. The van der Waals surface area contributed by atoms with E-state index >= 15 is 0 Å². The molecular weight excluding hydrogens is 296 g/mol. The summed E-state index contributed by atoms with van der Waals surface area (Å²) in [6.07, 6.45) is -2.96. The predicted molar refractivity (Wildman–Crippen MR) is 73.9 cm³/mol. The third kappa shape index (κ3) is 2.66. The standard InChI is InChI=1S/C15H15F2NO4/c1-15(2,14(20)21)18-8-22-11(12(16)17)10(13(18)19)9-6-4-3-5-7-9/h3-7,12H,8H2,1-2H3,(H,20,21). The summed E-state index contributed by atoms with van der Waals surface area (Å²) in [5.74, 6) is -2.77. The van der Waals surface area contributed by atoms with Crippen LogP contribution in [0.1, 0.15) is 19.4 Å². The molecule has 0 atom stereocenters. The molecule has 0 aromatic heterocycles. The van der Waals surface area contributed by atoms with Crippen molar-refractivity contribution in [2.45, 2.75) is 25.8 Å². The van der Waals surface area contributed by atoms with E-state index in [1.807, 2.05) is 0 Å². The fourth-order valence-electron chi connectivity index (χ4n) is 2.08. The number of rotatable bonds is 4. The monoisotopic (exact) mass is 311 g/mol. The molecule has 0 radical (unpaired) electrons. The third-order valence-corrected chi connectivity index (χ3v) is 3.51. The molecule has 1 aliphatic heterocycles. The Balaban J connectivity index is 2.53. The number of amides is 1. The van der Waals surface area contributed by atoms with Crippen molar-refractivity contribution in [2.75, 3.05) is 6.73 Å². The Morgan fingerprint density at radius 3 is 2.41 bits per heavy atom. The van der Waals surface area contributed by atoms with Crippen LogP contribution in [0.5, 0.6) is 0 Å². The number of ether oxygens (including phenoxy) is 1. The summed E-state index contributed by atoms with van der Waals surface area (Å²) in [5, 5.41) is 9.23. The predicted octanol–water partition coefficient (Wildman–Crippen LogP) is 2.34. The van der Waals surface area contributed by atoms with Gasteiger partial charge in [-0.15, -0.1) is 0 Å². The molecule has 7 heteroatoms. The Hall–Kier alpha value is -2.44. The number of aliphatic carboxylic acids is 1. The Labute approximate surface area is 125 Å². The van der Waals surface area contributed by atoms with Gasteiger partial charge in [0, 0.05) is 0 Å². The lowest BCUT2D eigenvalue weighted by Crippen LogP contribution is -2.55. The number of allylic oxidation sites excluding steroid dienone is 1. The first-order chi connectivity index (χ1) is 10.3. The van der Waals surface area contributed by atoms with E-state index in [1.165, 1.54) is 26.0 Å². The van der Waals surface area contributed by atoms with Crippen LogP contribution >= 0.6 is 0 Å². The molecule has 1 aliphatic rings. The molecule has 1 N–H and O–H groups in total. The molecule has 2 rings (SSSR count). The van der Waals surface area contributed by atoms with Crippen molar-refractivity contribution in [3.63, 3.8) is 0 Å². The maximum atomic E-state index is 13.1. The largest absolute Gasteiger partial charge is 0.480 e. The molecule has 0 saturated heterocycles. The van der Waals surface area contributed by atoms with Gasteiger partial charge < -0.3 is 9.84 Å². The quantitative estimate of drug-likeness (QED) is 0.927. The zero-order chi connectivity index (χ0) is 16.5. The van der Waals surface area contributed by atoms with Crippen LogP contribution in [0, 0.1) is 0 Å². The molecular formula is C15H15F2NO4. The first-order valence-electron chi connectivity index (χ1n) is 6.52. The van der Waals surface area contributed by atoms with Crippen molar-refractivity contribution in [3.8, 4) is 0 Å². The smallest absolute Gasteiger partial charge is 0.329 e. The van der Waals surface area contributed by atoms with Gasteiger partial charge in [-0.05, 0) is 19.4 Å². The molecule has 1 amide bonds. The minimum atomic E-state index is -2.96. The summed E-state index contributed by atoms with van der Waals surface area (Å²) in [6.45, 7) is 2.09. The lowest BCUT2D eigenvalue weighted by Gasteiger charge is -2.38. The molecule has 0 saturated carbocycles. The summed E-state index contributed by atoms with van der Waals surface area (Å²) in [5.41, 5.74) is -1.63. The summed E-state index contributed by atoms with van der Waals surface area (Å²) in [4.78, 5) is 24.8. The molecule has 0 spiro atoms. The zero-order valence-electron chi connectivity index (χ0n) is 12.0. The summed E-state index contributed by atoms with van der Waals surface area (Å²) >= 11 is 0. The van der Waals surface area contributed by atoms with Crippen molar-refractivity contribution in [2.24, 2.45) is 0 Å². The lowest BCUT2D eigenvalue weighted by atomic mass is 9.97. The molecule has 0 bridgehead atoms. The molecule has 5 nitrogen and oxygen atoms in total. The number of halogens is 2. The fourth-order valence-corrected chi connectivity index (χ4v) is 2.08. The highest BCUT2D eigenvalue weighted by atomic mass is 19.3. The molecule has 0 aliphatic carbocycles. The van der Waals surface area contributed by atoms with Gasteiger partial charge in [0.25, 0.3) is 12.3 Å². The first kappa shape index (κ1) is 15.9. The lowest BCUT2D eigenvalue weighted by molar-refractivity contribution is -0.161. The summed E-state index contributed by atoms with van der Waals surface area (Å²) < 4.78 is 31.3. The highest BCUT2D eigenvalue weighted by Crippen LogP contribution is 2.33. The van der Waals surface area contributed by atoms with E-state index in [0.29, 0.717) is 0 Å². The number of nitrogens with zero attached hydrogens (tertiary/aromatic N) is 1. The molecule has 1 aromatic carbocycles. The highest BCUT2D eigenvalue weighted by molar-refractivity contribution is 6.21. The van der Waals surface area contributed by atoms with Crippen LogP contribution < -0.4 is 0 Å². The minimum absolute atomic E-state index is 0.258. The van der Waals surface area contributed by atoms with Crippen LogP contribution in [0.4, 0.5) is 8.78 Å². The average molecular weight is 311 g/mol. The average Bonchev–Trinajstić information content (AvgIpc) is 2.47. The maximum absolute atomic E-state index is 13.1. The van der Waals surface area contributed by atoms with E-state index in [-0.39, 0.29) is 11.1 Å². The molecule has 0 fully saturated rings. The Morgan fingerprint density at radius 2 is 1.91 bits per heavy atom. The van der Waals surface area contributed by atoms with Crippen LogP contribution in [0.2, 0.25) is 0 Å². The van der Waals surface area contributed by atoms with Crippen molar-refractivity contribution in [1.29, 1.82) is 0 Å². The number of benzene rings is 1. The van der Waals surface area contributed by atoms with Gasteiger partial charge in [0.1, 0.15) is 5.54 Å². The zero-order valence-corrected chi connectivity index (χ0v) is 12.0. The normalized spacial score (nSPS) is 16.0. The van der Waals surface area contributed by atoms with Gasteiger partial charge in [0.15, 0.2) is 12.5 Å². The fraction of sp³-hybridized carbons (Fsp3) is 0.333. The van der Waals surface area contributed by atoms with E-state index < -0.39 is 36.3 Å². The maximum Gasteiger partial charge on any atom is 0.329 e. The molecule has 22 heavy (non-hydrogen) atoms. The number of carbonyl (C=O) groups excluding carboxylic acids is 1. The van der Waals surface area contributed by atoms with Gasteiger partial charge in [-0.3, -0.25) is 9.69 Å². The van der Waals surface area contributed by atoms with Crippen molar-refractivity contribution in [3.05, 3.63) is 41.7 Å². The van der Waals surface area contributed by atoms with E-state index in [0.717, 1.165) is 4.90 Å². The van der Waals surface area contributed by atoms with E-state index in [2.05, 4.69) is 0 Å². The second kappa shape index (κ2) is 5.75. The van der Waals surface area contributed by atoms with Gasteiger partial charge in [0.05, 0.1) is 5.57 Å². The second-order valence-corrected chi connectivity index (χ2v) is 5.28. The SMILES string of the molecule is CC(C)(C(=O)O)N1COC(C(F)F)=C(c2ccccc2)C1=O. The first-order valence-corrected chi connectivity index (χ1v) is 6.52. The van der Waals surface area contributed by atoms with Crippen molar-refractivity contribution in [1.82, 2.24) is 4.90 Å². The Morgan fingerprint density at radius 1 is 1.32 bits per heavy atom. The summed E-state index contributed by atoms with van der Waals surface area (Å²) in [6, 6.07) is 7.87. The minimum Gasteiger partial charge on any atom is -0.480 e. The van der Waals surface area contributed by atoms with Crippen LogP contribution in [0.25, 0.3) is 5.57 Å². The second-order valence-electron chi connectivity index (χ2n) is 5.28. The third-order valence-electron chi connectivity index (χ3n) is 3.51. The van der Waals surface area contributed by atoms with Gasteiger partial charge in [-0.25, -0.2) is 13.6 Å². The van der Waals surface area contributed by atoms with Crippen molar-refractivity contribution < 1.29 is 28.2 Å². The Kier molecular flexibility index (Phi) is 4.16. The summed E-state index contributed by atoms with van der Waals surface area (Å²) in [7, 11) is 0. The van der Waals surface area contributed by atoms with E-state index in [9.17, 15) is 23.5 Å². The molecule has 0 unspecified atom stereocenters. The van der Waals surface area contributed by atoms with Gasteiger partial charge >= 0.3 is 5.97 Å². The number of carbonyl (C=O) groups is 2. The number of carboxylic acids is 1. The topological polar surface area (TPSA) is 66.8 Å². The van der Waals surface area contributed by atoms with Crippen molar-refractivity contribution >= 4 is 17.4 Å². The number of hydrogen-bond acceptors (Lipinski definition) is 3. The highest BCUT2D eigenvalue weighted by Gasteiger charge is 2.44. The van der Waals surface area contributed by atoms with Crippen LogP contribution in [0.3, 0.4) is 0 Å². The van der Waals surface area contributed by atoms with Crippen LogP contribution in [-0.2, 0) is 14.3 Å². The van der Waals surface area contributed by atoms with Crippen LogP contribution in [-0.4, -0.2) is 40.6 Å². The van der Waals surface area contributed by atoms with E-state index in [4.69, 9.17) is 4.74 Å². The van der Waals surface area contributed by atoms with Crippen LogP contribution in [0.15, 0.2) is 36.1 Å². The van der Waals surface area contributed by atoms with Gasteiger partial charge in [-0.1, -0.05) is 30.3 Å². The molecule has 1 aromatic rings. The molecule has 118 valence electrons. The number of carboxylic acid groups (broad SMARTS) is 1.